The largest absolute Gasteiger partial charge is 0.493 e. The van der Waals surface area contributed by atoms with Crippen LogP contribution in [-0.2, 0) is 0 Å². The molecule has 1 aromatic carbocycles. The number of pyridine rings is 1. The zero-order valence-electron chi connectivity index (χ0n) is 11.0. The van der Waals surface area contributed by atoms with Crippen LogP contribution < -0.4 is 10.5 Å². The van der Waals surface area contributed by atoms with E-state index >= 15 is 0 Å². The monoisotopic (exact) mass is 312 g/mol. The second-order valence-corrected chi connectivity index (χ2v) is 4.53. The molecule has 0 radical (unpaired) electrons. The van der Waals surface area contributed by atoms with E-state index in [1.165, 1.54) is 5.56 Å². The summed E-state index contributed by atoms with van der Waals surface area (Å²) in [5.41, 5.74) is 9.35. The molecule has 0 saturated heterocycles. The van der Waals surface area contributed by atoms with E-state index in [0.29, 0.717) is 12.5 Å². The van der Waals surface area contributed by atoms with Crippen molar-refractivity contribution in [1.82, 2.24) is 4.98 Å². The fraction of sp³-hybridized carbons (Fsp3) is 0.267. The number of nitrogens with two attached hydrogens (primary N) is 1. The van der Waals surface area contributed by atoms with Crippen LogP contribution in [0.3, 0.4) is 0 Å². The van der Waals surface area contributed by atoms with Gasteiger partial charge in [-0.3, -0.25) is 4.98 Å². The summed E-state index contributed by atoms with van der Waals surface area (Å²) in [6.07, 6.45) is 4.61. The lowest BCUT2D eigenvalue weighted by Gasteiger charge is -2.26. The first-order valence-electron chi connectivity index (χ1n) is 6.26. The molecule has 1 aliphatic rings. The van der Waals surface area contributed by atoms with Gasteiger partial charge in [-0.15, -0.1) is 24.8 Å². The molecule has 3 rings (SSSR count). The predicted octanol–water partition coefficient (Wildman–Crippen LogP) is 3.42. The lowest BCUT2D eigenvalue weighted by atomic mass is 9.90. The molecule has 1 atom stereocenters. The summed E-state index contributed by atoms with van der Waals surface area (Å²) in [6.45, 7) is 1.42. The Morgan fingerprint density at radius 3 is 2.60 bits per heavy atom. The summed E-state index contributed by atoms with van der Waals surface area (Å²) in [4.78, 5) is 4.05. The van der Waals surface area contributed by atoms with E-state index in [1.807, 2.05) is 12.1 Å². The van der Waals surface area contributed by atoms with Crippen molar-refractivity contribution in [3.05, 3.63) is 48.3 Å². The van der Waals surface area contributed by atoms with Gasteiger partial charge < -0.3 is 10.5 Å². The molecule has 20 heavy (non-hydrogen) atoms. The summed E-state index contributed by atoms with van der Waals surface area (Å²) < 4.78 is 5.87. The van der Waals surface area contributed by atoms with Crippen molar-refractivity contribution < 1.29 is 4.74 Å². The van der Waals surface area contributed by atoms with Crippen molar-refractivity contribution in [1.29, 1.82) is 0 Å². The Bertz CT molecular complexity index is 549. The summed E-state index contributed by atoms with van der Waals surface area (Å²) >= 11 is 0. The molecule has 0 bridgehead atoms. The van der Waals surface area contributed by atoms with E-state index in [9.17, 15) is 0 Å². The van der Waals surface area contributed by atoms with E-state index in [0.717, 1.165) is 29.9 Å². The minimum Gasteiger partial charge on any atom is -0.493 e. The van der Waals surface area contributed by atoms with Gasteiger partial charge >= 0.3 is 0 Å². The highest BCUT2D eigenvalue weighted by molar-refractivity contribution is 5.85. The third kappa shape index (κ3) is 3.06. The Kier molecular flexibility index (Phi) is 6.27. The molecule has 2 aromatic rings. The quantitative estimate of drug-likeness (QED) is 0.924. The number of hydrogen-bond acceptors (Lipinski definition) is 3. The topological polar surface area (TPSA) is 48.1 Å². The van der Waals surface area contributed by atoms with Gasteiger partial charge in [-0.1, -0.05) is 18.2 Å². The van der Waals surface area contributed by atoms with Crippen LogP contribution in [0, 0.1) is 0 Å². The Morgan fingerprint density at radius 1 is 1.15 bits per heavy atom. The average molecular weight is 313 g/mol. The van der Waals surface area contributed by atoms with Crippen LogP contribution in [0.4, 0.5) is 0 Å². The van der Waals surface area contributed by atoms with Crippen LogP contribution in [0.5, 0.6) is 5.75 Å². The van der Waals surface area contributed by atoms with Crippen molar-refractivity contribution in [2.45, 2.75) is 12.3 Å². The van der Waals surface area contributed by atoms with Crippen molar-refractivity contribution in [3.8, 4) is 16.9 Å². The molecule has 1 aromatic heterocycles. The highest BCUT2D eigenvalue weighted by atomic mass is 35.5. The average Bonchev–Trinajstić information content (AvgIpc) is 2.47. The maximum Gasteiger partial charge on any atom is 0.130 e. The molecular formula is C15H18Cl2N2O. The fourth-order valence-electron chi connectivity index (χ4n) is 2.50. The van der Waals surface area contributed by atoms with Gasteiger partial charge in [-0.25, -0.2) is 0 Å². The van der Waals surface area contributed by atoms with Crippen LogP contribution in [-0.4, -0.2) is 18.1 Å². The molecule has 3 nitrogen and oxygen atoms in total. The lowest BCUT2D eigenvalue weighted by Crippen LogP contribution is -2.21. The van der Waals surface area contributed by atoms with Gasteiger partial charge in [0.2, 0.25) is 0 Å². The van der Waals surface area contributed by atoms with Gasteiger partial charge in [0.1, 0.15) is 5.75 Å². The molecule has 0 fully saturated rings. The third-order valence-corrected chi connectivity index (χ3v) is 3.47. The standard InChI is InChI=1S/C15H16N2O.2ClH/c16-10-12-6-9-18-15-13(2-1-3-14(12)15)11-4-7-17-8-5-11;;/h1-5,7-8,12H,6,9-10,16H2;2*1H/t12-;;/m0../s1. The maximum atomic E-state index is 5.87. The number of ether oxygens (including phenoxy) is 1. The number of halogens is 2. The Labute approximate surface area is 131 Å². The molecule has 108 valence electrons. The number of hydrogen-bond donors (Lipinski definition) is 1. The molecule has 2 heterocycles. The van der Waals surface area contributed by atoms with Crippen molar-refractivity contribution >= 4 is 24.8 Å². The number of fused-ring (bicyclic) bond motifs is 1. The summed E-state index contributed by atoms with van der Waals surface area (Å²) in [7, 11) is 0. The molecular weight excluding hydrogens is 295 g/mol. The van der Waals surface area contributed by atoms with Gasteiger partial charge in [0.15, 0.2) is 0 Å². The first-order chi connectivity index (χ1) is 8.90. The van der Waals surface area contributed by atoms with E-state index < -0.39 is 0 Å². The number of para-hydroxylation sites is 1. The van der Waals surface area contributed by atoms with Gasteiger partial charge in [-0.05, 0) is 36.2 Å². The van der Waals surface area contributed by atoms with Gasteiger partial charge in [-0.2, -0.15) is 0 Å². The fourth-order valence-corrected chi connectivity index (χ4v) is 2.50. The highest BCUT2D eigenvalue weighted by Gasteiger charge is 2.22. The zero-order chi connectivity index (χ0) is 12.4. The number of nitrogens with zero attached hydrogens (tertiary/aromatic N) is 1. The smallest absolute Gasteiger partial charge is 0.130 e. The van der Waals surface area contributed by atoms with Gasteiger partial charge in [0.25, 0.3) is 0 Å². The Hall–Kier alpha value is -1.29. The van der Waals surface area contributed by atoms with Crippen molar-refractivity contribution in [2.24, 2.45) is 5.73 Å². The van der Waals surface area contributed by atoms with E-state index in [2.05, 4.69) is 23.2 Å². The Morgan fingerprint density at radius 2 is 1.90 bits per heavy atom. The lowest BCUT2D eigenvalue weighted by molar-refractivity contribution is 0.270. The molecule has 0 unspecified atom stereocenters. The van der Waals surface area contributed by atoms with Crippen molar-refractivity contribution in [2.75, 3.05) is 13.2 Å². The Balaban J connectivity index is 0.000001000. The van der Waals surface area contributed by atoms with Crippen LogP contribution >= 0.6 is 24.8 Å². The first kappa shape index (κ1) is 16.8. The summed E-state index contributed by atoms with van der Waals surface area (Å²) in [5.74, 6) is 1.40. The second-order valence-electron chi connectivity index (χ2n) is 4.53. The van der Waals surface area contributed by atoms with Crippen LogP contribution in [0.2, 0.25) is 0 Å². The van der Waals surface area contributed by atoms with Crippen molar-refractivity contribution in [3.63, 3.8) is 0 Å². The molecule has 0 spiro atoms. The van der Waals surface area contributed by atoms with Crippen LogP contribution in [0.1, 0.15) is 17.9 Å². The maximum absolute atomic E-state index is 5.87. The predicted molar refractivity (Wildman–Crippen MR) is 86.1 cm³/mol. The molecule has 5 heteroatoms. The molecule has 0 amide bonds. The zero-order valence-corrected chi connectivity index (χ0v) is 12.6. The summed E-state index contributed by atoms with van der Waals surface area (Å²) in [6, 6.07) is 10.3. The van der Waals surface area contributed by atoms with E-state index in [4.69, 9.17) is 10.5 Å². The second kappa shape index (κ2) is 7.48. The molecule has 0 saturated carbocycles. The van der Waals surface area contributed by atoms with Gasteiger partial charge in [0, 0.05) is 23.9 Å². The van der Waals surface area contributed by atoms with Crippen LogP contribution in [0.15, 0.2) is 42.7 Å². The number of aromatic nitrogens is 1. The minimum absolute atomic E-state index is 0. The number of benzene rings is 1. The normalized spacial score (nSPS) is 16.1. The third-order valence-electron chi connectivity index (χ3n) is 3.47. The highest BCUT2D eigenvalue weighted by Crippen LogP contribution is 2.40. The molecule has 1 aliphatic heterocycles. The molecule has 0 aliphatic carbocycles. The molecule has 2 N–H and O–H groups in total. The SMILES string of the molecule is Cl.Cl.NC[C@@H]1CCOc2c(-c3ccncc3)cccc21. The first-order valence-corrected chi connectivity index (χ1v) is 6.26. The minimum atomic E-state index is 0. The van der Waals surface area contributed by atoms with Gasteiger partial charge in [0.05, 0.1) is 6.61 Å². The summed E-state index contributed by atoms with van der Waals surface area (Å²) in [5, 5.41) is 0. The van der Waals surface area contributed by atoms with E-state index in [-0.39, 0.29) is 24.8 Å². The van der Waals surface area contributed by atoms with Crippen LogP contribution in [0.25, 0.3) is 11.1 Å². The van der Waals surface area contributed by atoms with E-state index in [1.54, 1.807) is 12.4 Å². The number of rotatable bonds is 2.